The first-order valence-corrected chi connectivity index (χ1v) is 6.39. The highest BCUT2D eigenvalue weighted by atomic mass is 16.2. The van der Waals surface area contributed by atoms with Crippen LogP contribution in [0, 0.1) is 6.92 Å². The van der Waals surface area contributed by atoms with Crippen LogP contribution >= 0.6 is 0 Å². The van der Waals surface area contributed by atoms with Gasteiger partial charge in [-0.25, -0.2) is 0 Å². The van der Waals surface area contributed by atoms with Gasteiger partial charge in [-0.1, -0.05) is 6.92 Å². The quantitative estimate of drug-likeness (QED) is 0.831. The van der Waals surface area contributed by atoms with Crippen molar-refractivity contribution >= 4 is 5.91 Å². The summed E-state index contributed by atoms with van der Waals surface area (Å²) in [6, 6.07) is 2.24. The van der Waals surface area contributed by atoms with Crippen LogP contribution in [0.25, 0.3) is 0 Å². The molecule has 2 N–H and O–H groups in total. The smallest absolute Gasteiger partial charge is 0.255 e. The number of amides is 1. The lowest BCUT2D eigenvalue weighted by Crippen LogP contribution is -2.42. The largest absolute Gasteiger partial charge is 0.365 e. The number of hydrogen-bond acceptors (Lipinski definition) is 2. The topological polar surface area (TPSA) is 48.1 Å². The van der Waals surface area contributed by atoms with E-state index in [9.17, 15) is 4.79 Å². The van der Waals surface area contributed by atoms with Crippen molar-refractivity contribution in [2.75, 3.05) is 19.6 Å². The SMILES string of the molecule is CCCN(C(=O)c1cc[nH]c1C)[C@H]1CCNC1. The van der Waals surface area contributed by atoms with E-state index in [2.05, 4.69) is 17.2 Å². The van der Waals surface area contributed by atoms with E-state index < -0.39 is 0 Å². The van der Waals surface area contributed by atoms with Gasteiger partial charge in [-0.3, -0.25) is 4.79 Å². The van der Waals surface area contributed by atoms with Crippen LogP contribution in [-0.2, 0) is 0 Å². The summed E-state index contributed by atoms with van der Waals surface area (Å²) in [6.45, 7) is 6.85. The van der Waals surface area contributed by atoms with Crippen LogP contribution in [-0.4, -0.2) is 41.5 Å². The molecule has 0 radical (unpaired) electrons. The monoisotopic (exact) mass is 235 g/mol. The predicted molar refractivity (Wildman–Crippen MR) is 68.1 cm³/mol. The number of nitrogens with zero attached hydrogens (tertiary/aromatic N) is 1. The molecule has 4 nitrogen and oxygen atoms in total. The van der Waals surface area contributed by atoms with Gasteiger partial charge in [-0.15, -0.1) is 0 Å². The molecule has 0 unspecified atom stereocenters. The summed E-state index contributed by atoms with van der Waals surface area (Å²) in [5.41, 5.74) is 1.77. The Labute approximate surface area is 102 Å². The van der Waals surface area contributed by atoms with E-state index in [1.54, 1.807) is 0 Å². The molecule has 1 saturated heterocycles. The summed E-state index contributed by atoms with van der Waals surface area (Å²) < 4.78 is 0. The number of carbonyl (C=O) groups is 1. The predicted octanol–water partition coefficient (Wildman–Crippen LogP) is 1.54. The van der Waals surface area contributed by atoms with Crippen molar-refractivity contribution in [3.05, 3.63) is 23.5 Å². The van der Waals surface area contributed by atoms with E-state index in [4.69, 9.17) is 0 Å². The lowest BCUT2D eigenvalue weighted by Gasteiger charge is -2.28. The summed E-state index contributed by atoms with van der Waals surface area (Å²) in [5.74, 6) is 0.166. The zero-order valence-corrected chi connectivity index (χ0v) is 10.6. The maximum Gasteiger partial charge on any atom is 0.255 e. The number of aromatic amines is 1. The zero-order valence-electron chi connectivity index (χ0n) is 10.6. The summed E-state index contributed by atoms with van der Waals surface area (Å²) in [4.78, 5) is 17.6. The fraction of sp³-hybridized carbons (Fsp3) is 0.615. The van der Waals surface area contributed by atoms with Crippen molar-refractivity contribution in [1.82, 2.24) is 15.2 Å². The van der Waals surface area contributed by atoms with Gasteiger partial charge in [0.15, 0.2) is 0 Å². The molecule has 0 aromatic carbocycles. The molecule has 94 valence electrons. The Hall–Kier alpha value is -1.29. The van der Waals surface area contributed by atoms with E-state index in [1.165, 1.54) is 0 Å². The highest BCUT2D eigenvalue weighted by molar-refractivity contribution is 5.95. The van der Waals surface area contributed by atoms with Gasteiger partial charge in [0.25, 0.3) is 5.91 Å². The van der Waals surface area contributed by atoms with E-state index in [0.717, 1.165) is 43.7 Å². The van der Waals surface area contributed by atoms with Crippen LogP contribution in [0.5, 0.6) is 0 Å². The number of H-pyrrole nitrogens is 1. The van der Waals surface area contributed by atoms with Crippen molar-refractivity contribution in [1.29, 1.82) is 0 Å². The molecule has 1 aliphatic rings. The lowest BCUT2D eigenvalue weighted by molar-refractivity contribution is 0.0691. The molecular formula is C13H21N3O. The van der Waals surface area contributed by atoms with Gasteiger partial charge in [0.2, 0.25) is 0 Å². The molecule has 1 aliphatic heterocycles. The minimum atomic E-state index is 0.166. The number of hydrogen-bond donors (Lipinski definition) is 2. The molecule has 1 aromatic rings. The fourth-order valence-corrected chi connectivity index (χ4v) is 2.44. The molecular weight excluding hydrogens is 214 g/mol. The highest BCUT2D eigenvalue weighted by Gasteiger charge is 2.27. The third-order valence-electron chi connectivity index (χ3n) is 3.38. The average molecular weight is 235 g/mol. The van der Waals surface area contributed by atoms with Crippen molar-refractivity contribution in [2.45, 2.75) is 32.7 Å². The van der Waals surface area contributed by atoms with Gasteiger partial charge in [-0.2, -0.15) is 0 Å². The zero-order chi connectivity index (χ0) is 12.3. The van der Waals surface area contributed by atoms with Crippen molar-refractivity contribution < 1.29 is 4.79 Å². The van der Waals surface area contributed by atoms with E-state index >= 15 is 0 Å². The second-order valence-electron chi connectivity index (χ2n) is 4.66. The van der Waals surface area contributed by atoms with Crippen molar-refractivity contribution in [3.63, 3.8) is 0 Å². The first-order chi connectivity index (χ1) is 8.24. The Morgan fingerprint density at radius 2 is 2.41 bits per heavy atom. The Bertz CT molecular complexity index is 380. The minimum absolute atomic E-state index is 0.166. The first-order valence-electron chi connectivity index (χ1n) is 6.39. The number of carbonyl (C=O) groups excluding carboxylic acids is 1. The maximum absolute atomic E-state index is 12.5. The van der Waals surface area contributed by atoms with Crippen LogP contribution in [0.1, 0.15) is 35.8 Å². The molecule has 1 fully saturated rings. The Morgan fingerprint density at radius 3 is 2.94 bits per heavy atom. The minimum Gasteiger partial charge on any atom is -0.365 e. The molecule has 4 heteroatoms. The van der Waals surface area contributed by atoms with Gasteiger partial charge < -0.3 is 15.2 Å². The maximum atomic E-state index is 12.5. The Balaban J connectivity index is 2.15. The number of aryl methyl sites for hydroxylation is 1. The van der Waals surface area contributed by atoms with E-state index in [1.807, 2.05) is 24.1 Å². The summed E-state index contributed by atoms with van der Waals surface area (Å²) in [7, 11) is 0. The van der Waals surface area contributed by atoms with Crippen molar-refractivity contribution in [3.8, 4) is 0 Å². The highest BCUT2D eigenvalue weighted by Crippen LogP contribution is 2.15. The molecule has 1 aromatic heterocycles. The van der Waals surface area contributed by atoms with Crippen LogP contribution in [0.2, 0.25) is 0 Å². The number of aromatic nitrogens is 1. The summed E-state index contributed by atoms with van der Waals surface area (Å²) in [5, 5.41) is 3.32. The average Bonchev–Trinajstić information content (AvgIpc) is 2.95. The van der Waals surface area contributed by atoms with E-state index in [-0.39, 0.29) is 5.91 Å². The van der Waals surface area contributed by atoms with Crippen LogP contribution in [0.4, 0.5) is 0 Å². The third-order valence-corrected chi connectivity index (χ3v) is 3.38. The second-order valence-corrected chi connectivity index (χ2v) is 4.66. The molecule has 0 saturated carbocycles. The van der Waals surface area contributed by atoms with Crippen molar-refractivity contribution in [2.24, 2.45) is 0 Å². The fourth-order valence-electron chi connectivity index (χ4n) is 2.44. The van der Waals surface area contributed by atoms with Gasteiger partial charge in [0.1, 0.15) is 0 Å². The summed E-state index contributed by atoms with van der Waals surface area (Å²) >= 11 is 0. The van der Waals surface area contributed by atoms with Gasteiger partial charge in [-0.05, 0) is 32.4 Å². The molecule has 1 atom stereocenters. The van der Waals surface area contributed by atoms with Crippen LogP contribution < -0.4 is 5.32 Å². The number of rotatable bonds is 4. The molecule has 17 heavy (non-hydrogen) atoms. The number of nitrogens with one attached hydrogen (secondary N) is 2. The van der Waals surface area contributed by atoms with Gasteiger partial charge in [0, 0.05) is 31.0 Å². The van der Waals surface area contributed by atoms with Crippen LogP contribution in [0.15, 0.2) is 12.3 Å². The van der Waals surface area contributed by atoms with E-state index in [0.29, 0.717) is 6.04 Å². The molecule has 0 aliphatic carbocycles. The molecule has 0 bridgehead atoms. The second kappa shape index (κ2) is 5.36. The summed E-state index contributed by atoms with van der Waals surface area (Å²) in [6.07, 6.45) is 3.90. The Kier molecular flexibility index (Phi) is 3.84. The van der Waals surface area contributed by atoms with Crippen LogP contribution in [0.3, 0.4) is 0 Å². The first kappa shape index (κ1) is 12.2. The van der Waals surface area contributed by atoms with Gasteiger partial charge in [0.05, 0.1) is 5.56 Å². The Morgan fingerprint density at radius 1 is 1.59 bits per heavy atom. The molecule has 2 heterocycles. The van der Waals surface area contributed by atoms with Gasteiger partial charge >= 0.3 is 0 Å². The third kappa shape index (κ3) is 2.52. The lowest BCUT2D eigenvalue weighted by atomic mass is 10.1. The normalized spacial score (nSPS) is 19.5. The molecule has 0 spiro atoms. The molecule has 1 amide bonds. The standard InChI is InChI=1S/C13H21N3O/c1-3-8-16(11-4-6-14-9-11)13(17)12-5-7-15-10(12)2/h5,7,11,14-15H,3-4,6,8-9H2,1-2H3/t11-/m0/s1. The molecule has 2 rings (SSSR count).